The third-order valence-electron chi connectivity index (χ3n) is 8.14. The number of urea groups is 1. The van der Waals surface area contributed by atoms with Crippen LogP contribution in [0.25, 0.3) is 0 Å². The van der Waals surface area contributed by atoms with Crippen LogP contribution in [0, 0.1) is 0 Å². The second-order valence-electron chi connectivity index (χ2n) is 11.6. The Labute approximate surface area is 279 Å². The summed E-state index contributed by atoms with van der Waals surface area (Å²) in [4.78, 5) is 72.6. The fraction of sp³-hybridized carbons (Fsp3) is 0.281. The van der Waals surface area contributed by atoms with Crippen molar-refractivity contribution in [2.24, 2.45) is 0 Å². The van der Waals surface area contributed by atoms with Gasteiger partial charge < -0.3 is 9.47 Å². The summed E-state index contributed by atoms with van der Waals surface area (Å²) in [6.45, 7) is 3.47. The van der Waals surface area contributed by atoms with E-state index in [0.717, 1.165) is 5.56 Å². The first kappa shape index (κ1) is 34.0. The van der Waals surface area contributed by atoms with Crippen LogP contribution in [0.15, 0.2) is 85.5 Å². The van der Waals surface area contributed by atoms with E-state index in [4.69, 9.17) is 9.26 Å². The second-order valence-corrected chi connectivity index (χ2v) is 12.9. The zero-order valence-electron chi connectivity index (χ0n) is 25.9. The van der Waals surface area contributed by atoms with Crippen molar-refractivity contribution >= 4 is 26.0 Å². The van der Waals surface area contributed by atoms with Gasteiger partial charge in [0.15, 0.2) is 5.75 Å². The second kappa shape index (κ2) is 13.6. The average Bonchev–Trinajstić information content (AvgIpc) is 3.37. The molecule has 3 aromatic carbocycles. The van der Waals surface area contributed by atoms with Crippen molar-refractivity contribution in [3.8, 4) is 17.2 Å². The minimum absolute atomic E-state index is 0.0373. The fourth-order valence-corrected chi connectivity index (χ4v) is 6.58. The molecular formula is C32H34F2N5O9P. The van der Waals surface area contributed by atoms with Crippen molar-refractivity contribution in [1.29, 1.82) is 0 Å². The van der Waals surface area contributed by atoms with E-state index in [-0.39, 0.29) is 62.0 Å². The summed E-state index contributed by atoms with van der Waals surface area (Å²) >= 11 is 0. The number of alkyl halides is 2. The van der Waals surface area contributed by atoms with Gasteiger partial charge in [0.2, 0.25) is 0 Å². The number of nitrogens with one attached hydrogen (secondary N) is 1. The number of rotatable bonds is 10. The van der Waals surface area contributed by atoms with Crippen LogP contribution in [0.2, 0.25) is 0 Å². The summed E-state index contributed by atoms with van der Waals surface area (Å²) in [5.74, 6) is -1.39. The van der Waals surface area contributed by atoms with E-state index in [1.807, 2.05) is 30.3 Å². The molecule has 3 aromatic rings. The molecule has 3 heterocycles. The number of halogens is 2. The van der Waals surface area contributed by atoms with Gasteiger partial charge in [0.25, 0.3) is 0 Å². The summed E-state index contributed by atoms with van der Waals surface area (Å²) in [6.07, 6.45) is -3.40. The van der Waals surface area contributed by atoms with Crippen LogP contribution in [0.5, 0.6) is 17.2 Å². The van der Waals surface area contributed by atoms with E-state index in [1.165, 1.54) is 62.3 Å². The monoisotopic (exact) mass is 701 g/mol. The van der Waals surface area contributed by atoms with Gasteiger partial charge in [0, 0.05) is 6.54 Å². The molecule has 4 N–H and O–H groups in total. The first-order chi connectivity index (χ1) is 23.3. The third kappa shape index (κ3) is 7.58. The first-order valence-electron chi connectivity index (χ1n) is 15.2. The number of nitrogens with zero attached hydrogens (tertiary/aromatic N) is 4. The Bertz CT molecular complexity index is 1730. The molecule has 17 heteroatoms. The van der Waals surface area contributed by atoms with E-state index in [0.29, 0.717) is 5.56 Å². The zero-order chi connectivity index (χ0) is 34.9. The number of hydrogen-bond acceptors (Lipinski definition) is 10. The number of benzene rings is 3. The van der Waals surface area contributed by atoms with Crippen LogP contribution >= 0.6 is 8.17 Å². The molecule has 0 saturated carbocycles. The Morgan fingerprint density at radius 1 is 1.02 bits per heavy atom. The van der Waals surface area contributed by atoms with E-state index < -0.39 is 44.5 Å². The van der Waals surface area contributed by atoms with Gasteiger partial charge in [0.1, 0.15) is 0 Å². The van der Waals surface area contributed by atoms with Gasteiger partial charge in [-0.2, -0.15) is 0 Å². The third-order valence-corrected chi connectivity index (χ3v) is 8.65. The van der Waals surface area contributed by atoms with Crippen LogP contribution in [0.1, 0.15) is 16.7 Å². The number of ether oxygens (including phenoxy) is 2. The minimum atomic E-state index is -4.86. The van der Waals surface area contributed by atoms with Crippen molar-refractivity contribution < 1.29 is 51.8 Å². The molecule has 0 spiro atoms. The van der Waals surface area contributed by atoms with Crippen molar-refractivity contribution in [3.63, 3.8) is 0 Å². The van der Waals surface area contributed by atoms with Crippen molar-refractivity contribution in [2.45, 2.75) is 38.0 Å². The van der Waals surface area contributed by atoms with Gasteiger partial charge in [-0.15, -0.1) is 15.4 Å². The van der Waals surface area contributed by atoms with Gasteiger partial charge in [-0.3, -0.25) is 0 Å². The molecule has 49 heavy (non-hydrogen) atoms. The minimum Gasteiger partial charge on any atom is -0.0622 e. The van der Waals surface area contributed by atoms with Crippen LogP contribution < -0.4 is 19.3 Å². The predicted octanol–water partition coefficient (Wildman–Crippen LogP) is 2.51. The quantitative estimate of drug-likeness (QED) is 0.183. The van der Waals surface area contributed by atoms with Gasteiger partial charge in [-0.05, 0) is 11.6 Å². The van der Waals surface area contributed by atoms with E-state index in [9.17, 15) is 37.8 Å². The van der Waals surface area contributed by atoms with Gasteiger partial charge in [0.05, 0.1) is 0 Å². The number of hydrogen-bond donors (Lipinski definition) is 4. The molecule has 0 aromatic heterocycles. The van der Waals surface area contributed by atoms with Crippen LogP contribution in [-0.4, -0.2) is 90.5 Å². The topological polar surface area (TPSA) is 165 Å². The van der Waals surface area contributed by atoms with E-state index >= 15 is 0 Å². The molecule has 3 aliphatic rings. The molecule has 0 unspecified atom stereocenters. The Kier molecular flexibility index (Phi) is 9.42. The Morgan fingerprint density at radius 2 is 1.76 bits per heavy atom. The molecule has 260 valence electrons. The van der Waals surface area contributed by atoms with Crippen molar-refractivity contribution in [2.75, 3.05) is 19.6 Å². The smallest absolute Gasteiger partial charge is 0.0622 e. The number of piperazine rings is 1. The van der Waals surface area contributed by atoms with E-state index in [2.05, 4.69) is 16.6 Å². The number of amides is 4. The molecule has 6 rings (SSSR count). The number of hydrazine groups is 1. The standard InChI is InChI=1S/C32H34F2N5O9P/c1-2-15-37-20-28(40)38-25(16-21-11-13-24(14-12-21)48-49(43,44)45)30(41)36(18-23-9-6-10-26-29(23)47-32(33,34)46-26)19-27(38)39(37)31(42)35-17-22-7-4-3-5-8-22/h2-14,25,27,43-45,49H,1,15-20H2,(H,35,42)/t25-,27-/m0/s1. The molecule has 2 fully saturated rings. The molecule has 0 radical (unpaired) electrons. The van der Waals surface area contributed by atoms with Gasteiger partial charge >= 0.3 is 189 Å². The summed E-state index contributed by atoms with van der Waals surface area (Å²) in [5.41, 5.74) is 1.60. The predicted molar refractivity (Wildman–Crippen MR) is 171 cm³/mol. The molecule has 2 atom stereocenters. The summed E-state index contributed by atoms with van der Waals surface area (Å²) in [6, 6.07) is 17.6. The SMILES string of the molecule is C=CCN1CC(=O)N2[C@@H](Cc3ccc(O[PH](O)(O)O)cc3)C(=O)N(Cc3cccc4c3OC(F)(F)O4)C[C@@H]2N1C(=O)NCc1ccccc1. The van der Waals surface area contributed by atoms with Gasteiger partial charge in [-0.25, -0.2) is 0 Å². The van der Waals surface area contributed by atoms with E-state index in [1.54, 1.807) is 6.08 Å². The average molecular weight is 702 g/mol. The normalized spacial score (nSPS) is 20.6. The van der Waals surface area contributed by atoms with Crippen molar-refractivity contribution in [3.05, 3.63) is 102 Å². The zero-order valence-corrected chi connectivity index (χ0v) is 26.9. The van der Waals surface area contributed by atoms with Crippen LogP contribution in [0.4, 0.5) is 13.6 Å². The number of fused-ring (bicyclic) bond motifs is 2. The van der Waals surface area contributed by atoms with Crippen molar-refractivity contribution in [1.82, 2.24) is 25.1 Å². The number of para-hydroxylation sites is 1. The molecule has 4 amide bonds. The number of carbonyl (C=O) groups is 3. The van der Waals surface area contributed by atoms with Crippen LogP contribution in [0.3, 0.4) is 0 Å². The maximum atomic E-state index is 14.3. The molecular weight excluding hydrogens is 667 g/mol. The molecule has 0 bridgehead atoms. The maximum absolute atomic E-state index is 14.3. The number of carbonyl (C=O) groups excluding carboxylic acids is 3. The molecule has 3 aliphatic heterocycles. The fourth-order valence-electron chi connectivity index (χ4n) is 6.13. The molecule has 14 nitrogen and oxygen atoms in total. The summed E-state index contributed by atoms with van der Waals surface area (Å²) in [5, 5.41) is 5.80. The first-order valence-corrected chi connectivity index (χ1v) is 17.0. The summed E-state index contributed by atoms with van der Waals surface area (Å²) in [7, 11) is -4.86. The Morgan fingerprint density at radius 3 is 2.45 bits per heavy atom. The Hall–Kier alpha value is -4.86. The molecule has 2 saturated heterocycles. The van der Waals surface area contributed by atoms with Crippen LogP contribution in [-0.2, 0) is 29.1 Å². The Balaban J connectivity index is 1.34. The molecule has 0 aliphatic carbocycles. The van der Waals surface area contributed by atoms with Gasteiger partial charge in [-0.1, -0.05) is 42.5 Å². The summed E-state index contributed by atoms with van der Waals surface area (Å²) < 4.78 is 42.2.